The minimum absolute atomic E-state index is 0.0443. The first kappa shape index (κ1) is 26.3. The molecule has 188 valence electrons. The van der Waals surface area contributed by atoms with Crippen LogP contribution in [0.2, 0.25) is 0 Å². The van der Waals surface area contributed by atoms with Gasteiger partial charge < -0.3 is 14.6 Å². The Hall–Kier alpha value is -4.34. The molecule has 1 heterocycles. The van der Waals surface area contributed by atoms with Crippen molar-refractivity contribution in [1.29, 1.82) is 0 Å². The van der Waals surface area contributed by atoms with E-state index in [1.165, 1.54) is 29.3 Å². The molecule has 2 aromatic rings. The standard InChI is InChI=1S/C21H21N7O8/c1-28(2)27-23-13-7-3-11(4-8-13)16(29)12-5-9-14(10-6-12)35-21(22)19(25-33)17(30)15(24-32)18(36-21)20(31)26-34/h3-10,15,17-19,30H,22H2,1-2H3/t15-,17-,18?,19+,21-/m1/s1. The molecule has 1 saturated heterocycles. The topological polar surface area (TPSA) is 215 Å². The first-order valence-corrected chi connectivity index (χ1v) is 10.3. The lowest BCUT2D eigenvalue weighted by molar-refractivity contribution is -0.263. The SMILES string of the molecule is CN(C)N=Nc1ccc(C(=O)c2ccc(O[C@@]3(N)OC(C(=O)N=O)[C@H](N=O)[C@@H](O)[C@@H]3N=O)cc2)cc1. The highest BCUT2D eigenvalue weighted by Crippen LogP contribution is 2.33. The van der Waals surface area contributed by atoms with Gasteiger partial charge in [0.05, 0.1) is 5.69 Å². The number of nitroso groups, excluding NO2 is 3. The minimum atomic E-state index is -2.56. The van der Waals surface area contributed by atoms with E-state index in [-0.39, 0.29) is 17.1 Å². The molecule has 1 aliphatic rings. The number of carbonyl (C=O) groups excluding carboxylic acids is 2. The van der Waals surface area contributed by atoms with Crippen LogP contribution in [0.25, 0.3) is 0 Å². The average molecular weight is 499 g/mol. The molecule has 3 rings (SSSR count). The van der Waals surface area contributed by atoms with Crippen LogP contribution >= 0.6 is 0 Å². The summed E-state index contributed by atoms with van der Waals surface area (Å²) in [6, 6.07) is 8.08. The first-order valence-electron chi connectivity index (χ1n) is 10.3. The number of amides is 1. The number of rotatable bonds is 9. The van der Waals surface area contributed by atoms with Gasteiger partial charge >= 0.3 is 5.91 Å². The molecule has 0 aliphatic carbocycles. The molecule has 3 N–H and O–H groups in total. The second kappa shape index (κ2) is 10.9. The molecule has 0 bridgehead atoms. The third-order valence-electron chi connectivity index (χ3n) is 5.14. The lowest BCUT2D eigenvalue weighted by atomic mass is 9.92. The summed E-state index contributed by atoms with van der Waals surface area (Å²) in [5, 5.41) is 27.0. The highest BCUT2D eigenvalue weighted by atomic mass is 16.7. The van der Waals surface area contributed by atoms with Gasteiger partial charge in [0.15, 0.2) is 17.9 Å². The Bertz CT molecular complexity index is 1170. The number of carbonyl (C=O) groups is 2. The minimum Gasteiger partial charge on any atom is -0.447 e. The van der Waals surface area contributed by atoms with E-state index in [2.05, 4.69) is 25.9 Å². The van der Waals surface area contributed by atoms with Crippen LogP contribution in [-0.2, 0) is 9.53 Å². The van der Waals surface area contributed by atoms with Crippen LogP contribution in [-0.4, -0.2) is 66.1 Å². The summed E-state index contributed by atoms with van der Waals surface area (Å²) >= 11 is 0. The summed E-state index contributed by atoms with van der Waals surface area (Å²) in [5.41, 5.74) is 7.16. The van der Waals surface area contributed by atoms with Crippen molar-refractivity contribution in [2.45, 2.75) is 30.2 Å². The van der Waals surface area contributed by atoms with E-state index >= 15 is 0 Å². The summed E-state index contributed by atoms with van der Waals surface area (Å²) in [7, 11) is 3.44. The predicted molar refractivity (Wildman–Crippen MR) is 123 cm³/mol. The molecule has 1 amide bonds. The molecular formula is C21H21N7O8. The van der Waals surface area contributed by atoms with Gasteiger partial charge in [0.25, 0.3) is 5.91 Å². The number of aliphatic hydroxyl groups is 1. The Kier molecular flexibility index (Phi) is 7.98. The zero-order valence-electron chi connectivity index (χ0n) is 19.0. The Balaban J connectivity index is 1.79. The third-order valence-corrected chi connectivity index (χ3v) is 5.14. The van der Waals surface area contributed by atoms with Gasteiger partial charge in [-0.05, 0) is 48.5 Å². The molecule has 5 atom stereocenters. The third kappa shape index (κ3) is 5.48. The number of nitrogens with zero attached hydrogens (tertiary/aromatic N) is 6. The van der Waals surface area contributed by atoms with Crippen LogP contribution < -0.4 is 10.5 Å². The zero-order chi connectivity index (χ0) is 26.5. The fourth-order valence-corrected chi connectivity index (χ4v) is 3.37. The van der Waals surface area contributed by atoms with Crippen molar-refractivity contribution < 1.29 is 24.2 Å². The Morgan fingerprint density at radius 1 is 1.00 bits per heavy atom. The largest absolute Gasteiger partial charge is 0.447 e. The van der Waals surface area contributed by atoms with Crippen molar-refractivity contribution in [2.75, 3.05) is 14.1 Å². The predicted octanol–water partition coefficient (Wildman–Crippen LogP) is 1.79. The van der Waals surface area contributed by atoms with E-state index in [0.29, 0.717) is 11.3 Å². The summed E-state index contributed by atoms with van der Waals surface area (Å²) in [4.78, 5) is 57.7. The van der Waals surface area contributed by atoms with E-state index in [1.54, 1.807) is 38.4 Å². The van der Waals surface area contributed by atoms with Crippen LogP contribution in [0.1, 0.15) is 15.9 Å². The highest BCUT2D eigenvalue weighted by molar-refractivity contribution is 6.09. The Labute approximate surface area is 203 Å². The van der Waals surface area contributed by atoms with Crippen molar-refractivity contribution in [3.63, 3.8) is 0 Å². The molecule has 0 radical (unpaired) electrons. The fourth-order valence-electron chi connectivity index (χ4n) is 3.37. The maximum atomic E-state index is 12.8. The fraction of sp³-hybridized carbons (Fsp3) is 0.333. The van der Waals surface area contributed by atoms with Crippen molar-refractivity contribution in [2.24, 2.45) is 31.6 Å². The molecule has 1 unspecified atom stereocenters. The van der Waals surface area contributed by atoms with Crippen molar-refractivity contribution in [3.05, 3.63) is 74.4 Å². The van der Waals surface area contributed by atoms with E-state index < -0.39 is 36.1 Å². The van der Waals surface area contributed by atoms with Gasteiger partial charge in [-0.2, -0.15) is 9.81 Å². The number of hydrogen-bond acceptors (Lipinski definition) is 13. The van der Waals surface area contributed by atoms with Gasteiger partial charge in [0.1, 0.15) is 11.9 Å². The lowest BCUT2D eigenvalue weighted by Crippen LogP contribution is -2.71. The quantitative estimate of drug-likeness (QED) is 0.168. The maximum Gasteiger partial charge on any atom is 0.317 e. The van der Waals surface area contributed by atoms with E-state index in [1.807, 2.05) is 0 Å². The maximum absolute atomic E-state index is 12.8. The van der Waals surface area contributed by atoms with Crippen molar-refractivity contribution in [1.82, 2.24) is 5.01 Å². The van der Waals surface area contributed by atoms with Crippen LogP contribution in [0, 0.1) is 14.7 Å². The molecule has 1 fully saturated rings. The Morgan fingerprint density at radius 2 is 1.58 bits per heavy atom. The molecule has 0 spiro atoms. The van der Waals surface area contributed by atoms with Gasteiger partial charge in [0, 0.05) is 30.4 Å². The van der Waals surface area contributed by atoms with E-state index in [4.69, 9.17) is 15.2 Å². The number of aliphatic hydroxyl groups excluding tert-OH is 1. The second-order valence-electron chi connectivity index (χ2n) is 7.87. The number of ether oxygens (including phenoxy) is 2. The first-order chi connectivity index (χ1) is 17.1. The van der Waals surface area contributed by atoms with Crippen molar-refractivity contribution >= 4 is 17.4 Å². The monoisotopic (exact) mass is 499 g/mol. The summed E-state index contributed by atoms with van der Waals surface area (Å²) < 4.78 is 10.6. The molecule has 0 aromatic heterocycles. The van der Waals surface area contributed by atoms with Crippen LogP contribution in [0.15, 0.2) is 74.4 Å². The van der Waals surface area contributed by atoms with Crippen LogP contribution in [0.4, 0.5) is 5.69 Å². The molecular weight excluding hydrogens is 478 g/mol. The number of nitrogens with two attached hydrogens (primary N) is 1. The number of ketones is 1. The average Bonchev–Trinajstić information content (AvgIpc) is 2.87. The summed E-state index contributed by atoms with van der Waals surface area (Å²) in [6.07, 6.45) is -4.00. The molecule has 1 aliphatic heterocycles. The zero-order valence-corrected chi connectivity index (χ0v) is 19.0. The molecule has 15 heteroatoms. The molecule has 36 heavy (non-hydrogen) atoms. The molecule has 15 nitrogen and oxygen atoms in total. The van der Waals surface area contributed by atoms with Crippen LogP contribution in [0.5, 0.6) is 5.75 Å². The van der Waals surface area contributed by atoms with Gasteiger partial charge in [-0.25, -0.2) is 0 Å². The smallest absolute Gasteiger partial charge is 0.317 e. The molecule has 2 aromatic carbocycles. The van der Waals surface area contributed by atoms with Gasteiger partial charge in [-0.3, -0.25) is 20.3 Å². The summed E-state index contributed by atoms with van der Waals surface area (Å²) in [5.74, 6) is -4.41. The van der Waals surface area contributed by atoms with E-state index in [9.17, 15) is 29.4 Å². The lowest BCUT2D eigenvalue weighted by Gasteiger charge is -2.43. The van der Waals surface area contributed by atoms with Gasteiger partial charge in [-0.1, -0.05) is 15.6 Å². The number of benzene rings is 2. The normalized spacial score (nSPS) is 25.7. The van der Waals surface area contributed by atoms with E-state index in [0.717, 1.165) is 0 Å². The second-order valence-corrected chi connectivity index (χ2v) is 7.87. The van der Waals surface area contributed by atoms with Crippen molar-refractivity contribution in [3.8, 4) is 5.75 Å². The highest BCUT2D eigenvalue weighted by Gasteiger charge is 2.59. The molecule has 0 saturated carbocycles. The van der Waals surface area contributed by atoms with Gasteiger partial charge in [0.2, 0.25) is 6.04 Å². The van der Waals surface area contributed by atoms with Crippen LogP contribution in [0.3, 0.4) is 0 Å². The summed E-state index contributed by atoms with van der Waals surface area (Å²) in [6.45, 7) is 0. The number of hydrogen-bond donors (Lipinski definition) is 2. The Morgan fingerprint density at radius 3 is 2.08 bits per heavy atom. The van der Waals surface area contributed by atoms with Gasteiger partial charge in [-0.15, -0.1) is 10.0 Å².